The number of carbonyl (C=O) groups is 1. The van der Waals surface area contributed by atoms with E-state index in [1.54, 1.807) is 13.1 Å². The molecule has 0 spiro atoms. The van der Waals surface area contributed by atoms with E-state index in [1.165, 1.54) is 11.8 Å². The van der Waals surface area contributed by atoms with Gasteiger partial charge < -0.3 is 5.73 Å². The van der Waals surface area contributed by atoms with E-state index in [2.05, 4.69) is 4.99 Å². The number of allylic oxidation sites excluding steroid dienone is 3. The van der Waals surface area contributed by atoms with E-state index in [9.17, 15) is 4.79 Å². The van der Waals surface area contributed by atoms with Crippen molar-refractivity contribution in [3.8, 4) is 0 Å². The summed E-state index contributed by atoms with van der Waals surface area (Å²) >= 11 is 7.48. The lowest BCUT2D eigenvalue weighted by Gasteiger charge is -2.04. The van der Waals surface area contributed by atoms with Crippen molar-refractivity contribution in [1.29, 1.82) is 0 Å². The monoisotopic (exact) mass is 272 g/mol. The van der Waals surface area contributed by atoms with Crippen LogP contribution in [0.5, 0.6) is 0 Å². The molecule has 0 aromatic heterocycles. The van der Waals surface area contributed by atoms with E-state index < -0.39 is 0 Å². The molecule has 0 aromatic carbocycles. The van der Waals surface area contributed by atoms with Gasteiger partial charge in [-0.2, -0.15) is 0 Å². The molecule has 0 saturated heterocycles. The van der Waals surface area contributed by atoms with Gasteiger partial charge in [0.2, 0.25) is 0 Å². The molecular formula is C12H17ClN2OS. The average Bonchev–Trinajstić information content (AvgIpc) is 2.34. The molecule has 0 fully saturated rings. The minimum atomic E-state index is 0.304. The van der Waals surface area contributed by atoms with Gasteiger partial charge in [0, 0.05) is 27.6 Å². The van der Waals surface area contributed by atoms with Crippen molar-refractivity contribution in [2.24, 2.45) is 10.7 Å². The summed E-state index contributed by atoms with van der Waals surface area (Å²) in [4.78, 5) is 16.2. The number of nitrogens with zero attached hydrogens (tertiary/aromatic N) is 1. The zero-order valence-electron chi connectivity index (χ0n) is 10.2. The number of halogens is 1. The third kappa shape index (κ3) is 7.15. The highest BCUT2D eigenvalue weighted by Gasteiger charge is 2.02. The molecule has 3 nitrogen and oxygen atoms in total. The Labute approximate surface area is 112 Å². The topological polar surface area (TPSA) is 55.5 Å². The van der Waals surface area contributed by atoms with Crippen LogP contribution in [0.3, 0.4) is 0 Å². The van der Waals surface area contributed by atoms with Crippen LogP contribution in [0, 0.1) is 0 Å². The summed E-state index contributed by atoms with van der Waals surface area (Å²) in [6.07, 6.45) is 6.14. The van der Waals surface area contributed by atoms with Crippen molar-refractivity contribution in [3.63, 3.8) is 0 Å². The first-order valence-corrected chi connectivity index (χ1v) is 6.30. The molecule has 0 bridgehead atoms. The second-order valence-electron chi connectivity index (χ2n) is 3.20. The fourth-order valence-corrected chi connectivity index (χ4v) is 1.88. The van der Waals surface area contributed by atoms with E-state index in [-0.39, 0.29) is 0 Å². The number of thioether (sulfide) groups is 1. The van der Waals surface area contributed by atoms with Gasteiger partial charge in [-0.1, -0.05) is 35.5 Å². The van der Waals surface area contributed by atoms with Crippen molar-refractivity contribution in [1.82, 2.24) is 0 Å². The molecule has 0 rings (SSSR count). The molecule has 0 unspecified atom stereocenters. The van der Waals surface area contributed by atoms with Crippen molar-refractivity contribution >= 4 is 35.4 Å². The van der Waals surface area contributed by atoms with Crippen LogP contribution in [0.25, 0.3) is 0 Å². The quantitative estimate of drug-likeness (QED) is 0.459. The predicted octanol–water partition coefficient (Wildman–Crippen LogP) is 3.23. The summed E-state index contributed by atoms with van der Waals surface area (Å²) in [5.41, 5.74) is 5.93. The van der Waals surface area contributed by atoms with Crippen LogP contribution in [-0.2, 0) is 4.79 Å². The first kappa shape index (κ1) is 16.2. The van der Waals surface area contributed by atoms with Crippen LogP contribution in [0.1, 0.15) is 20.8 Å². The lowest BCUT2D eigenvalue weighted by atomic mass is 10.4. The van der Waals surface area contributed by atoms with Gasteiger partial charge in [0.05, 0.1) is 5.71 Å². The molecule has 2 N–H and O–H groups in total. The molecule has 5 heteroatoms. The number of aldehydes is 1. The molecule has 0 saturated carbocycles. The standard InChI is InChI=1S/C12H17ClN2OS/c1-4-5-12(11(13)6-14)17-10(3)7-15-9(2)8-16/h4-5,7-8H,6,14H2,1-3H3/b5-4-,10-7+,12-11-,15-9?. The van der Waals surface area contributed by atoms with E-state index in [1.807, 2.05) is 26.0 Å². The zero-order valence-corrected chi connectivity index (χ0v) is 11.8. The Kier molecular flexibility index (Phi) is 8.76. The fraction of sp³-hybridized carbons (Fsp3) is 0.333. The molecular weight excluding hydrogens is 256 g/mol. The van der Waals surface area contributed by atoms with Gasteiger partial charge >= 0.3 is 0 Å². The van der Waals surface area contributed by atoms with Crippen LogP contribution < -0.4 is 5.73 Å². The fourth-order valence-electron chi connectivity index (χ4n) is 0.855. The lowest BCUT2D eigenvalue weighted by molar-refractivity contribution is -0.102. The molecule has 94 valence electrons. The first-order chi connectivity index (χ1) is 8.04. The predicted molar refractivity (Wildman–Crippen MR) is 77.3 cm³/mol. The second kappa shape index (κ2) is 9.22. The van der Waals surface area contributed by atoms with Gasteiger partial charge in [0.15, 0.2) is 6.29 Å². The summed E-state index contributed by atoms with van der Waals surface area (Å²) in [6.45, 7) is 5.76. The molecule has 0 heterocycles. The number of hydrogen-bond donors (Lipinski definition) is 1. The van der Waals surface area contributed by atoms with Gasteiger partial charge in [-0.3, -0.25) is 9.79 Å². The second-order valence-corrected chi connectivity index (χ2v) is 4.95. The summed E-state index contributed by atoms with van der Waals surface area (Å²) in [5.74, 6) is 0. The van der Waals surface area contributed by atoms with Gasteiger partial charge in [0.25, 0.3) is 0 Å². The highest BCUT2D eigenvalue weighted by Crippen LogP contribution is 2.29. The van der Waals surface area contributed by atoms with Crippen LogP contribution in [0.2, 0.25) is 0 Å². The maximum absolute atomic E-state index is 10.4. The Morgan fingerprint density at radius 2 is 2.12 bits per heavy atom. The van der Waals surface area contributed by atoms with E-state index in [0.717, 1.165) is 9.81 Å². The molecule has 0 amide bonds. The van der Waals surface area contributed by atoms with Crippen molar-refractivity contribution in [2.75, 3.05) is 6.54 Å². The largest absolute Gasteiger partial charge is 0.326 e. The summed E-state index contributed by atoms with van der Waals surface area (Å²) in [5, 5.41) is 0.608. The number of carbonyl (C=O) groups excluding carboxylic acids is 1. The van der Waals surface area contributed by atoms with Gasteiger partial charge in [-0.05, 0) is 20.8 Å². The first-order valence-electron chi connectivity index (χ1n) is 5.10. The Morgan fingerprint density at radius 3 is 2.59 bits per heavy atom. The lowest BCUT2D eigenvalue weighted by Crippen LogP contribution is -1.99. The van der Waals surface area contributed by atoms with Crippen LogP contribution in [0.15, 0.2) is 38.2 Å². The number of nitrogens with two attached hydrogens (primary N) is 1. The summed E-state index contributed by atoms with van der Waals surface area (Å²) in [7, 11) is 0. The van der Waals surface area contributed by atoms with E-state index >= 15 is 0 Å². The molecule has 0 aromatic rings. The number of hydrogen-bond acceptors (Lipinski definition) is 4. The SMILES string of the molecule is C/C=C\C(S/C(C)=C/N=C(C)C=O)=C(\Cl)CN. The molecule has 0 aliphatic carbocycles. The Morgan fingerprint density at radius 1 is 1.47 bits per heavy atom. The van der Waals surface area contributed by atoms with E-state index in [0.29, 0.717) is 23.6 Å². The molecule has 0 aliphatic rings. The Hall–Kier alpha value is -0.840. The van der Waals surface area contributed by atoms with Crippen molar-refractivity contribution < 1.29 is 4.79 Å². The zero-order chi connectivity index (χ0) is 13.3. The van der Waals surface area contributed by atoms with Crippen LogP contribution in [0.4, 0.5) is 0 Å². The maximum Gasteiger partial charge on any atom is 0.163 e. The molecule has 0 atom stereocenters. The highest BCUT2D eigenvalue weighted by atomic mass is 35.5. The minimum absolute atomic E-state index is 0.304. The van der Waals surface area contributed by atoms with Crippen molar-refractivity contribution in [2.45, 2.75) is 20.8 Å². The Bertz CT molecular complexity index is 384. The number of rotatable bonds is 6. The maximum atomic E-state index is 10.4. The van der Waals surface area contributed by atoms with Gasteiger partial charge in [0.1, 0.15) is 0 Å². The molecule has 0 aliphatic heterocycles. The number of aliphatic imine (C=N–C) groups is 1. The van der Waals surface area contributed by atoms with Crippen LogP contribution in [-0.4, -0.2) is 18.5 Å². The Balaban J connectivity index is 4.85. The molecule has 0 radical (unpaired) electrons. The van der Waals surface area contributed by atoms with Crippen molar-refractivity contribution in [3.05, 3.63) is 33.2 Å². The van der Waals surface area contributed by atoms with Gasteiger partial charge in [-0.15, -0.1) is 0 Å². The highest BCUT2D eigenvalue weighted by molar-refractivity contribution is 8.06. The van der Waals surface area contributed by atoms with Crippen LogP contribution >= 0.6 is 23.4 Å². The van der Waals surface area contributed by atoms with Gasteiger partial charge in [-0.25, -0.2) is 0 Å². The average molecular weight is 273 g/mol. The normalized spacial score (nSPS) is 15.1. The smallest absolute Gasteiger partial charge is 0.163 e. The minimum Gasteiger partial charge on any atom is -0.326 e. The third-order valence-corrected chi connectivity index (χ3v) is 3.16. The van der Waals surface area contributed by atoms with E-state index in [4.69, 9.17) is 17.3 Å². The summed E-state index contributed by atoms with van der Waals surface area (Å²) < 4.78 is 0. The summed E-state index contributed by atoms with van der Waals surface area (Å²) in [6, 6.07) is 0. The molecule has 17 heavy (non-hydrogen) atoms. The third-order valence-electron chi connectivity index (χ3n) is 1.66.